The van der Waals surface area contributed by atoms with E-state index in [4.69, 9.17) is 0 Å². The van der Waals surface area contributed by atoms with E-state index in [0.717, 1.165) is 37.9 Å². The molecule has 2 rings (SSSR count). The minimum Gasteiger partial charge on any atom is -0.340 e. The molecule has 122 valence electrons. The summed E-state index contributed by atoms with van der Waals surface area (Å²) in [4.78, 5) is 14.0. The van der Waals surface area contributed by atoms with Gasteiger partial charge in [-0.1, -0.05) is 26.0 Å². The van der Waals surface area contributed by atoms with Crippen molar-refractivity contribution in [2.45, 2.75) is 52.1 Å². The van der Waals surface area contributed by atoms with Crippen LogP contribution in [0.4, 0.5) is 4.39 Å². The Kier molecular flexibility index (Phi) is 6.37. The minimum atomic E-state index is -0.194. The van der Waals surface area contributed by atoms with Crippen LogP contribution in [0.15, 0.2) is 24.3 Å². The Morgan fingerprint density at radius 3 is 2.95 bits per heavy atom. The first-order valence-electron chi connectivity index (χ1n) is 8.31. The Hall–Kier alpha value is -1.42. The summed E-state index contributed by atoms with van der Waals surface area (Å²) in [5.74, 6) is 0.733. The molecule has 1 N–H and O–H groups in total. The second kappa shape index (κ2) is 8.28. The molecule has 0 spiro atoms. The van der Waals surface area contributed by atoms with Gasteiger partial charge in [-0.25, -0.2) is 4.39 Å². The third kappa shape index (κ3) is 5.09. The van der Waals surface area contributed by atoms with Gasteiger partial charge in [0.25, 0.3) is 0 Å². The van der Waals surface area contributed by atoms with Crippen molar-refractivity contribution in [3.8, 4) is 0 Å². The molecule has 1 fully saturated rings. The molecular formula is C18H27FN2O. The highest BCUT2D eigenvalue weighted by molar-refractivity contribution is 5.78. The van der Waals surface area contributed by atoms with E-state index in [1.165, 1.54) is 6.07 Å². The van der Waals surface area contributed by atoms with Crippen LogP contribution in [0.5, 0.6) is 0 Å². The molecule has 0 aliphatic carbocycles. The van der Waals surface area contributed by atoms with Crippen molar-refractivity contribution in [1.82, 2.24) is 10.2 Å². The minimum absolute atomic E-state index is 0.194. The normalized spacial score (nSPS) is 18.5. The van der Waals surface area contributed by atoms with Crippen LogP contribution in [0.1, 0.15) is 45.1 Å². The van der Waals surface area contributed by atoms with Gasteiger partial charge in [0.1, 0.15) is 5.82 Å². The SMILES string of the molecule is CC(C)CCN1C(=O)CC[C@@H]1CCNCc1cccc(F)c1. The number of amides is 1. The van der Waals surface area contributed by atoms with Crippen molar-refractivity contribution in [2.24, 2.45) is 5.92 Å². The highest BCUT2D eigenvalue weighted by Crippen LogP contribution is 2.22. The summed E-state index contributed by atoms with van der Waals surface area (Å²) >= 11 is 0. The van der Waals surface area contributed by atoms with E-state index >= 15 is 0 Å². The molecule has 1 heterocycles. The Bertz CT molecular complexity index is 490. The molecule has 1 aliphatic heterocycles. The van der Waals surface area contributed by atoms with Gasteiger partial charge >= 0.3 is 0 Å². The molecule has 1 aliphatic rings. The number of hydrogen-bond acceptors (Lipinski definition) is 2. The lowest BCUT2D eigenvalue weighted by molar-refractivity contribution is -0.129. The van der Waals surface area contributed by atoms with Crippen LogP contribution in [0.3, 0.4) is 0 Å². The van der Waals surface area contributed by atoms with Gasteiger partial charge in [-0.3, -0.25) is 4.79 Å². The van der Waals surface area contributed by atoms with Crippen molar-refractivity contribution in [2.75, 3.05) is 13.1 Å². The molecule has 1 aromatic carbocycles. The fraction of sp³-hybridized carbons (Fsp3) is 0.611. The molecule has 22 heavy (non-hydrogen) atoms. The van der Waals surface area contributed by atoms with Crippen LogP contribution >= 0.6 is 0 Å². The summed E-state index contributed by atoms with van der Waals surface area (Å²) in [5, 5.41) is 3.35. The largest absolute Gasteiger partial charge is 0.340 e. The van der Waals surface area contributed by atoms with Gasteiger partial charge in [0.2, 0.25) is 5.91 Å². The van der Waals surface area contributed by atoms with Gasteiger partial charge < -0.3 is 10.2 Å². The maximum Gasteiger partial charge on any atom is 0.222 e. The van der Waals surface area contributed by atoms with Gasteiger partial charge in [0, 0.05) is 25.6 Å². The van der Waals surface area contributed by atoms with Crippen LogP contribution in [0.2, 0.25) is 0 Å². The first-order chi connectivity index (χ1) is 10.6. The molecule has 1 saturated heterocycles. The van der Waals surface area contributed by atoms with Gasteiger partial charge in [-0.2, -0.15) is 0 Å². The van der Waals surface area contributed by atoms with E-state index in [0.29, 0.717) is 30.8 Å². The van der Waals surface area contributed by atoms with E-state index in [2.05, 4.69) is 24.1 Å². The second-order valence-electron chi connectivity index (χ2n) is 6.56. The number of benzene rings is 1. The summed E-state index contributed by atoms with van der Waals surface area (Å²) in [5.41, 5.74) is 0.958. The summed E-state index contributed by atoms with van der Waals surface area (Å²) in [6, 6.07) is 7.03. The van der Waals surface area contributed by atoms with Crippen LogP contribution in [0.25, 0.3) is 0 Å². The summed E-state index contributed by atoms with van der Waals surface area (Å²) in [6.45, 7) is 6.79. The van der Waals surface area contributed by atoms with Gasteiger partial charge in [-0.15, -0.1) is 0 Å². The maximum atomic E-state index is 13.1. The maximum absolute atomic E-state index is 13.1. The highest BCUT2D eigenvalue weighted by atomic mass is 19.1. The average molecular weight is 306 g/mol. The Morgan fingerprint density at radius 1 is 1.41 bits per heavy atom. The Morgan fingerprint density at radius 2 is 2.23 bits per heavy atom. The molecule has 4 heteroatoms. The monoisotopic (exact) mass is 306 g/mol. The number of rotatable bonds is 8. The number of nitrogens with one attached hydrogen (secondary N) is 1. The lowest BCUT2D eigenvalue weighted by Gasteiger charge is -2.25. The number of nitrogens with zero attached hydrogens (tertiary/aromatic N) is 1. The zero-order chi connectivity index (χ0) is 15.9. The fourth-order valence-electron chi connectivity index (χ4n) is 2.95. The van der Waals surface area contributed by atoms with E-state index < -0.39 is 0 Å². The Labute approximate surface area is 132 Å². The van der Waals surface area contributed by atoms with Crippen LogP contribution in [-0.4, -0.2) is 29.9 Å². The van der Waals surface area contributed by atoms with E-state index in [1.807, 2.05) is 6.07 Å². The molecule has 3 nitrogen and oxygen atoms in total. The van der Waals surface area contributed by atoms with Crippen LogP contribution in [-0.2, 0) is 11.3 Å². The molecule has 0 unspecified atom stereocenters. The lowest BCUT2D eigenvalue weighted by Crippen LogP contribution is -2.36. The second-order valence-corrected chi connectivity index (χ2v) is 6.56. The van der Waals surface area contributed by atoms with E-state index in [-0.39, 0.29) is 5.82 Å². The number of halogens is 1. The molecule has 1 amide bonds. The van der Waals surface area contributed by atoms with Crippen molar-refractivity contribution in [1.29, 1.82) is 0 Å². The first kappa shape index (κ1) is 16.9. The van der Waals surface area contributed by atoms with Crippen molar-refractivity contribution >= 4 is 5.91 Å². The van der Waals surface area contributed by atoms with E-state index in [1.54, 1.807) is 12.1 Å². The molecule has 0 bridgehead atoms. The lowest BCUT2D eigenvalue weighted by atomic mass is 10.1. The number of carbonyl (C=O) groups is 1. The molecule has 0 aromatic heterocycles. The molecule has 0 saturated carbocycles. The molecular weight excluding hydrogens is 279 g/mol. The van der Waals surface area contributed by atoms with Crippen molar-refractivity contribution < 1.29 is 9.18 Å². The summed E-state index contributed by atoms with van der Waals surface area (Å²) < 4.78 is 13.1. The van der Waals surface area contributed by atoms with Gasteiger partial charge in [-0.05, 0) is 49.4 Å². The molecule has 0 radical (unpaired) electrons. The Balaban J connectivity index is 1.72. The third-order valence-corrected chi connectivity index (χ3v) is 4.27. The number of hydrogen-bond donors (Lipinski definition) is 1. The molecule has 1 aromatic rings. The standard InChI is InChI=1S/C18H27FN2O/c1-14(2)9-11-21-17(6-7-18(21)22)8-10-20-13-15-4-3-5-16(19)12-15/h3-5,12,14,17,20H,6-11,13H2,1-2H3/t17-/m1/s1. The van der Waals surface area contributed by atoms with Gasteiger partial charge in [0.15, 0.2) is 0 Å². The van der Waals surface area contributed by atoms with E-state index in [9.17, 15) is 9.18 Å². The zero-order valence-corrected chi connectivity index (χ0v) is 13.6. The van der Waals surface area contributed by atoms with Gasteiger partial charge in [0.05, 0.1) is 0 Å². The predicted octanol–water partition coefficient (Wildman–Crippen LogP) is 3.34. The zero-order valence-electron chi connectivity index (χ0n) is 13.6. The highest BCUT2D eigenvalue weighted by Gasteiger charge is 2.29. The first-order valence-corrected chi connectivity index (χ1v) is 8.31. The number of carbonyl (C=O) groups excluding carboxylic acids is 1. The summed E-state index contributed by atoms with van der Waals surface area (Å²) in [6.07, 6.45) is 3.70. The quantitative estimate of drug-likeness (QED) is 0.747. The third-order valence-electron chi connectivity index (χ3n) is 4.27. The van der Waals surface area contributed by atoms with Crippen LogP contribution in [0, 0.1) is 11.7 Å². The topological polar surface area (TPSA) is 32.3 Å². The smallest absolute Gasteiger partial charge is 0.222 e. The summed E-state index contributed by atoms with van der Waals surface area (Å²) in [7, 11) is 0. The molecule has 1 atom stereocenters. The average Bonchev–Trinajstić information content (AvgIpc) is 2.82. The predicted molar refractivity (Wildman–Crippen MR) is 86.9 cm³/mol. The van der Waals surface area contributed by atoms with Crippen LogP contribution < -0.4 is 5.32 Å². The number of likely N-dealkylation sites (tertiary alicyclic amines) is 1. The van der Waals surface area contributed by atoms with Crippen molar-refractivity contribution in [3.05, 3.63) is 35.6 Å². The van der Waals surface area contributed by atoms with Crippen molar-refractivity contribution in [3.63, 3.8) is 0 Å². The fourth-order valence-corrected chi connectivity index (χ4v) is 2.95.